The molecular formula is C29H31BrClN3O5. The van der Waals surface area contributed by atoms with Crippen molar-refractivity contribution in [1.82, 2.24) is 9.88 Å². The number of hydrogen-bond donors (Lipinski definition) is 1. The highest BCUT2D eigenvalue weighted by molar-refractivity contribution is 9.10. The van der Waals surface area contributed by atoms with Gasteiger partial charge in [0.2, 0.25) is 0 Å². The van der Waals surface area contributed by atoms with Crippen LogP contribution in [-0.4, -0.2) is 39.8 Å². The first-order valence-corrected chi connectivity index (χ1v) is 13.4. The fraction of sp³-hybridized carbons (Fsp3) is 0.345. The Morgan fingerprint density at radius 3 is 2.56 bits per heavy atom. The summed E-state index contributed by atoms with van der Waals surface area (Å²) in [5.74, 6) is 0.832. The molecule has 0 bridgehead atoms. The van der Waals surface area contributed by atoms with Crippen LogP contribution in [0.3, 0.4) is 0 Å². The summed E-state index contributed by atoms with van der Waals surface area (Å²) in [5.41, 5.74) is 3.05. The quantitative estimate of drug-likeness (QED) is 0.275. The molecular weight excluding hydrogens is 586 g/mol. The Morgan fingerprint density at radius 2 is 1.87 bits per heavy atom. The smallest absolute Gasteiger partial charge is 0.410 e. The van der Waals surface area contributed by atoms with Gasteiger partial charge in [0.15, 0.2) is 0 Å². The molecule has 1 aromatic heterocycles. The highest BCUT2D eigenvalue weighted by Crippen LogP contribution is 2.35. The molecule has 0 unspecified atom stereocenters. The van der Waals surface area contributed by atoms with E-state index in [0.717, 1.165) is 15.6 Å². The van der Waals surface area contributed by atoms with Crippen molar-refractivity contribution in [1.29, 1.82) is 5.26 Å². The Balaban J connectivity index is 1.92. The number of aliphatic hydroxyl groups excluding tert-OH is 1. The molecule has 0 aliphatic heterocycles. The van der Waals surface area contributed by atoms with Crippen molar-refractivity contribution < 1.29 is 24.1 Å². The lowest BCUT2D eigenvalue weighted by atomic mass is 10.1. The molecule has 1 amide bonds. The molecule has 1 heterocycles. The van der Waals surface area contributed by atoms with Crippen LogP contribution in [-0.2, 0) is 24.5 Å². The Hall–Kier alpha value is -3.32. The number of carbonyl (C=O) groups is 1. The fourth-order valence-corrected chi connectivity index (χ4v) is 4.23. The van der Waals surface area contributed by atoms with E-state index in [-0.39, 0.29) is 32.9 Å². The largest absolute Gasteiger partial charge is 0.488 e. The zero-order chi connectivity index (χ0) is 28.6. The molecule has 8 nitrogen and oxygen atoms in total. The second-order valence-corrected chi connectivity index (χ2v) is 11.1. The van der Waals surface area contributed by atoms with Gasteiger partial charge in [-0.2, -0.15) is 5.26 Å². The highest BCUT2D eigenvalue weighted by Gasteiger charge is 2.24. The van der Waals surface area contributed by atoms with E-state index in [1.54, 1.807) is 45.2 Å². The zero-order valence-corrected chi connectivity index (χ0v) is 24.7. The molecule has 0 saturated heterocycles. The first kappa shape index (κ1) is 30.2. The number of rotatable bonds is 10. The molecule has 0 saturated carbocycles. The molecule has 0 radical (unpaired) electrons. The number of nitrogens with zero attached hydrogens (tertiary/aromatic N) is 3. The Labute approximate surface area is 242 Å². The van der Waals surface area contributed by atoms with Crippen molar-refractivity contribution >= 4 is 33.6 Å². The Morgan fingerprint density at radius 1 is 1.13 bits per heavy atom. The van der Waals surface area contributed by atoms with Gasteiger partial charge in [0, 0.05) is 40.6 Å². The van der Waals surface area contributed by atoms with Gasteiger partial charge in [-0.3, -0.25) is 4.98 Å². The van der Waals surface area contributed by atoms with Crippen molar-refractivity contribution in [3.8, 4) is 17.6 Å². The van der Waals surface area contributed by atoms with Crippen molar-refractivity contribution in [2.45, 2.75) is 53.1 Å². The second kappa shape index (κ2) is 13.7. The maximum Gasteiger partial charge on any atom is 0.410 e. The van der Waals surface area contributed by atoms with E-state index in [9.17, 15) is 15.2 Å². The van der Waals surface area contributed by atoms with E-state index in [4.69, 9.17) is 25.8 Å². The van der Waals surface area contributed by atoms with Crippen LogP contribution in [0.4, 0.5) is 4.79 Å². The van der Waals surface area contributed by atoms with Gasteiger partial charge in [0.05, 0.1) is 23.7 Å². The maximum atomic E-state index is 12.8. The summed E-state index contributed by atoms with van der Waals surface area (Å²) >= 11 is 10.2. The predicted octanol–water partition coefficient (Wildman–Crippen LogP) is 6.57. The van der Waals surface area contributed by atoms with E-state index in [1.807, 2.05) is 25.1 Å². The molecule has 10 heteroatoms. The molecule has 0 aliphatic rings. The fourth-order valence-electron chi connectivity index (χ4n) is 3.58. The van der Waals surface area contributed by atoms with Crippen molar-refractivity contribution in [3.63, 3.8) is 0 Å². The van der Waals surface area contributed by atoms with Crippen LogP contribution >= 0.6 is 27.5 Å². The van der Waals surface area contributed by atoms with Gasteiger partial charge in [0.1, 0.15) is 36.4 Å². The number of aliphatic hydroxyl groups is 1. The minimum atomic E-state index is -0.706. The average Bonchev–Trinajstić information content (AvgIpc) is 2.88. The summed E-state index contributed by atoms with van der Waals surface area (Å²) in [7, 11) is 0. The summed E-state index contributed by atoms with van der Waals surface area (Å²) in [6.07, 6.45) is 2.51. The lowest BCUT2D eigenvalue weighted by Crippen LogP contribution is -2.38. The molecule has 0 aliphatic carbocycles. The van der Waals surface area contributed by atoms with Crippen molar-refractivity contribution in [2.24, 2.45) is 0 Å². The number of halogens is 2. The molecule has 2 aromatic carbocycles. The third-order valence-electron chi connectivity index (χ3n) is 5.58. The lowest BCUT2D eigenvalue weighted by molar-refractivity contribution is 0.0200. The van der Waals surface area contributed by atoms with Crippen LogP contribution < -0.4 is 9.47 Å². The normalized spacial score (nSPS) is 11.0. The summed E-state index contributed by atoms with van der Waals surface area (Å²) in [5, 5.41) is 19.1. The number of ether oxygens (including phenoxy) is 3. The molecule has 39 heavy (non-hydrogen) atoms. The zero-order valence-electron chi connectivity index (χ0n) is 22.3. The van der Waals surface area contributed by atoms with Crippen LogP contribution in [0, 0.1) is 18.3 Å². The van der Waals surface area contributed by atoms with Crippen LogP contribution in [0.5, 0.6) is 11.5 Å². The topological polar surface area (TPSA) is 105 Å². The number of aromatic nitrogens is 1. The maximum absolute atomic E-state index is 12.8. The molecule has 206 valence electrons. The predicted molar refractivity (Wildman–Crippen MR) is 152 cm³/mol. The third-order valence-corrected chi connectivity index (χ3v) is 6.73. The van der Waals surface area contributed by atoms with E-state index in [2.05, 4.69) is 27.0 Å². The van der Waals surface area contributed by atoms with Gasteiger partial charge >= 0.3 is 6.09 Å². The highest BCUT2D eigenvalue weighted by atomic mass is 79.9. The van der Waals surface area contributed by atoms with Crippen molar-refractivity contribution in [2.75, 3.05) is 13.2 Å². The number of hydrogen-bond acceptors (Lipinski definition) is 7. The molecule has 0 atom stereocenters. The van der Waals surface area contributed by atoms with Gasteiger partial charge in [-0.15, -0.1) is 0 Å². The van der Waals surface area contributed by atoms with E-state index < -0.39 is 11.7 Å². The third kappa shape index (κ3) is 8.85. The summed E-state index contributed by atoms with van der Waals surface area (Å²) in [6.45, 7) is 7.61. The van der Waals surface area contributed by atoms with E-state index >= 15 is 0 Å². The molecule has 3 rings (SSSR count). The van der Waals surface area contributed by atoms with Crippen LogP contribution in [0.25, 0.3) is 0 Å². The SMILES string of the molecule is Cc1c(Br)cccc1COc1cc(OCc2cncc(C#N)c2)c(CN(CCO)C(=O)OC(C)(C)C)cc1Cl. The van der Waals surface area contributed by atoms with Crippen LogP contribution in [0.1, 0.15) is 48.6 Å². The van der Waals surface area contributed by atoms with Crippen molar-refractivity contribution in [3.05, 3.63) is 86.1 Å². The number of benzene rings is 2. The number of amides is 1. The minimum absolute atomic E-state index is 0.0561. The summed E-state index contributed by atoms with van der Waals surface area (Å²) in [6, 6.07) is 13.0. The first-order valence-electron chi connectivity index (χ1n) is 12.3. The number of carbonyl (C=O) groups excluding carboxylic acids is 1. The Kier molecular flexibility index (Phi) is 10.6. The van der Waals surface area contributed by atoms with Gasteiger partial charge in [-0.1, -0.05) is 39.7 Å². The summed E-state index contributed by atoms with van der Waals surface area (Å²) in [4.78, 5) is 18.3. The van der Waals surface area contributed by atoms with Gasteiger partial charge < -0.3 is 24.2 Å². The monoisotopic (exact) mass is 615 g/mol. The van der Waals surface area contributed by atoms with Crippen LogP contribution in [0.2, 0.25) is 5.02 Å². The molecule has 3 aromatic rings. The molecule has 0 spiro atoms. The van der Waals surface area contributed by atoms with Gasteiger partial charge in [-0.25, -0.2) is 4.79 Å². The first-order chi connectivity index (χ1) is 18.5. The van der Waals surface area contributed by atoms with E-state index in [0.29, 0.717) is 33.2 Å². The number of nitriles is 1. The molecule has 1 N–H and O–H groups in total. The van der Waals surface area contributed by atoms with E-state index in [1.165, 1.54) is 11.1 Å². The minimum Gasteiger partial charge on any atom is -0.488 e. The second-order valence-electron chi connectivity index (χ2n) is 9.81. The standard InChI is InChI=1S/C29H31BrClN3O5/c1-19-22(6-5-7-24(19)30)18-38-27-12-26(37-17-21-10-20(13-32)14-33-15-21)23(11-25(27)31)16-34(8-9-35)28(36)39-29(2,3)4/h5-7,10-12,14-15,35H,8-9,16-18H2,1-4H3. The average molecular weight is 617 g/mol. The summed E-state index contributed by atoms with van der Waals surface area (Å²) < 4.78 is 18.7. The molecule has 0 fully saturated rings. The van der Waals surface area contributed by atoms with Gasteiger partial charge in [-0.05, 0) is 57.0 Å². The number of pyridine rings is 1. The van der Waals surface area contributed by atoms with Gasteiger partial charge in [0.25, 0.3) is 0 Å². The Bertz CT molecular complexity index is 1350. The van der Waals surface area contributed by atoms with Crippen LogP contribution in [0.15, 0.2) is 53.3 Å². The lowest BCUT2D eigenvalue weighted by Gasteiger charge is -2.28.